The highest BCUT2D eigenvalue weighted by atomic mass is 32.1. The van der Waals surface area contributed by atoms with Crippen LogP contribution in [0.1, 0.15) is 81.2 Å². The summed E-state index contributed by atoms with van der Waals surface area (Å²) in [6.45, 7) is 18.4. The number of rotatable bonds is 21. The number of methoxy groups -OCH3 is 2. The minimum atomic E-state index is -5.74. The van der Waals surface area contributed by atoms with Crippen molar-refractivity contribution in [3.8, 4) is 31.3 Å². The Labute approximate surface area is 392 Å². The lowest BCUT2D eigenvalue weighted by Crippen LogP contribution is -2.48. The Hall–Kier alpha value is -3.86. The molecule has 0 spiro atoms. The summed E-state index contributed by atoms with van der Waals surface area (Å²) in [5.41, 5.74) is -0.939. The molecule has 6 rings (SSSR count). The number of thiophene rings is 2. The van der Waals surface area contributed by atoms with Gasteiger partial charge in [-0.25, -0.2) is 0 Å². The molecule has 0 fully saturated rings. The van der Waals surface area contributed by atoms with Crippen LogP contribution in [0.3, 0.4) is 0 Å². The van der Waals surface area contributed by atoms with E-state index < -0.39 is 40.1 Å². The van der Waals surface area contributed by atoms with E-state index in [4.69, 9.17) is 28.4 Å². The summed E-state index contributed by atoms with van der Waals surface area (Å²) >= 11 is 2.16. The van der Waals surface area contributed by atoms with Crippen LogP contribution in [0.4, 0.5) is 26.3 Å². The first-order valence-corrected chi connectivity index (χ1v) is 23.5. The van der Waals surface area contributed by atoms with Gasteiger partial charge in [0, 0.05) is 50.4 Å². The lowest BCUT2D eigenvalue weighted by molar-refractivity contribution is -0.254. The van der Waals surface area contributed by atoms with E-state index in [2.05, 4.69) is 0 Å². The Morgan fingerprint density at radius 2 is 0.848 bits per heavy atom. The third kappa shape index (κ3) is 10.7. The number of benzene rings is 3. The molecule has 5 aromatic rings. The highest BCUT2D eigenvalue weighted by Gasteiger charge is 2.80. The smallest absolute Gasteiger partial charge is 0.380 e. The van der Waals surface area contributed by atoms with Crippen molar-refractivity contribution in [1.29, 1.82) is 0 Å². The van der Waals surface area contributed by atoms with Gasteiger partial charge >= 0.3 is 17.8 Å². The second-order valence-corrected chi connectivity index (χ2v) is 20.6. The summed E-state index contributed by atoms with van der Waals surface area (Å²) in [5.74, 6) is -16.2. The molecule has 358 valence electrons. The number of allylic oxidation sites excluding steroid dienone is 2. The Kier molecular flexibility index (Phi) is 15.9. The fourth-order valence-electron chi connectivity index (χ4n) is 7.80. The third-order valence-electron chi connectivity index (χ3n) is 11.8. The van der Waals surface area contributed by atoms with E-state index in [-0.39, 0.29) is 26.3 Å². The van der Waals surface area contributed by atoms with Crippen LogP contribution in [0, 0.1) is 6.92 Å². The molecule has 14 heteroatoms. The average Bonchev–Trinajstić information content (AvgIpc) is 3.90. The van der Waals surface area contributed by atoms with Crippen LogP contribution in [-0.4, -0.2) is 84.8 Å². The molecule has 0 bridgehead atoms. The molecule has 0 amide bonds. The Morgan fingerprint density at radius 3 is 1.33 bits per heavy atom. The van der Waals surface area contributed by atoms with Gasteiger partial charge in [0.15, 0.2) is 0 Å². The van der Waals surface area contributed by atoms with E-state index in [1.165, 1.54) is 19.1 Å². The molecule has 0 saturated carbocycles. The SMILES string of the molecule is COCCOCCOCCOC(C)(C)c1ccc(-c2cc(C3=C(c4cc(-c5ccc(C(C)(C)OCCOC)cc5)sc4-c4ccc(C(C)(C)C)cc4)C(F)(F)C(F)(F)C3(F)F)c(C)s2)cc1. The largest absolute Gasteiger partial charge is 0.382 e. The fourth-order valence-corrected chi connectivity index (χ4v) is 10.0. The summed E-state index contributed by atoms with van der Waals surface area (Å²) in [5, 5.41) is 0. The van der Waals surface area contributed by atoms with Gasteiger partial charge in [-0.1, -0.05) is 93.6 Å². The molecule has 0 atom stereocenters. The van der Waals surface area contributed by atoms with Crippen molar-refractivity contribution in [3.63, 3.8) is 0 Å². The van der Waals surface area contributed by atoms with Crippen molar-refractivity contribution in [2.45, 2.75) is 89.8 Å². The Morgan fingerprint density at radius 1 is 0.470 bits per heavy atom. The van der Waals surface area contributed by atoms with Gasteiger partial charge in [0.05, 0.1) is 64.1 Å². The normalized spacial score (nSPS) is 16.1. The van der Waals surface area contributed by atoms with Gasteiger partial charge < -0.3 is 28.4 Å². The molecular formula is C52H60F6O6S2. The van der Waals surface area contributed by atoms with E-state index in [1.807, 2.05) is 84.9 Å². The summed E-state index contributed by atoms with van der Waals surface area (Å²) in [6, 6.07) is 24.3. The highest BCUT2D eigenvalue weighted by Crippen LogP contribution is 2.67. The molecule has 0 unspecified atom stereocenters. The number of ether oxygens (including phenoxy) is 6. The first kappa shape index (κ1) is 51.5. The van der Waals surface area contributed by atoms with Crippen LogP contribution in [0.5, 0.6) is 0 Å². The minimum Gasteiger partial charge on any atom is -0.382 e. The van der Waals surface area contributed by atoms with Crippen molar-refractivity contribution in [3.05, 3.63) is 118 Å². The third-order valence-corrected chi connectivity index (χ3v) is 14.2. The monoisotopic (exact) mass is 958 g/mol. The Bertz CT molecular complexity index is 2430. The first-order chi connectivity index (χ1) is 31.0. The standard InChI is InChI=1S/C52H60F6O6S2/c1-33-40(31-42(65-33)34-11-19-39(20-12-34)49(7,8)64-30-28-62-27-26-61-25-23-59-9)44-45(51(55,56)52(57,58)50(44,53)54)41-32-43(66-46(41)36-15-17-37(18-16-36)47(2,3)4)35-13-21-38(22-14-35)48(5,6)63-29-24-60-10/h11-22,31-32H,23-30H2,1-10H3. The lowest BCUT2D eigenvalue weighted by Gasteiger charge is -2.26. The summed E-state index contributed by atoms with van der Waals surface area (Å²) in [6.07, 6.45) is 0. The molecule has 0 N–H and O–H groups in total. The van der Waals surface area contributed by atoms with Gasteiger partial charge in [0.1, 0.15) is 0 Å². The number of alkyl halides is 6. The molecule has 0 saturated heterocycles. The zero-order chi connectivity index (χ0) is 48.3. The van der Waals surface area contributed by atoms with Gasteiger partial charge in [-0.15, -0.1) is 22.7 Å². The molecule has 2 aromatic heterocycles. The predicted molar refractivity (Wildman–Crippen MR) is 253 cm³/mol. The van der Waals surface area contributed by atoms with E-state index in [1.54, 1.807) is 50.6 Å². The van der Waals surface area contributed by atoms with Crippen molar-refractivity contribution in [1.82, 2.24) is 0 Å². The second-order valence-electron chi connectivity index (χ2n) is 18.3. The summed E-state index contributed by atoms with van der Waals surface area (Å²) in [4.78, 5) is 1.26. The molecule has 1 aliphatic rings. The van der Waals surface area contributed by atoms with Crippen molar-refractivity contribution in [2.24, 2.45) is 0 Å². The number of hydrogen-bond acceptors (Lipinski definition) is 8. The molecule has 0 radical (unpaired) electrons. The maximum atomic E-state index is 16.6. The molecule has 3 aromatic carbocycles. The van der Waals surface area contributed by atoms with Crippen molar-refractivity contribution in [2.75, 3.05) is 67.1 Å². The van der Waals surface area contributed by atoms with Crippen molar-refractivity contribution < 1.29 is 54.8 Å². The van der Waals surface area contributed by atoms with Gasteiger partial charge in [-0.3, -0.25) is 0 Å². The van der Waals surface area contributed by atoms with Crippen LogP contribution in [0.15, 0.2) is 84.9 Å². The highest BCUT2D eigenvalue weighted by molar-refractivity contribution is 7.19. The first-order valence-electron chi connectivity index (χ1n) is 21.9. The van der Waals surface area contributed by atoms with E-state index in [0.717, 1.165) is 39.4 Å². The maximum absolute atomic E-state index is 16.6. The number of aryl methyl sites for hydroxylation is 1. The van der Waals surface area contributed by atoms with Crippen LogP contribution < -0.4 is 0 Å². The molecule has 1 aliphatic carbocycles. The minimum absolute atomic E-state index is 0.172. The number of halogens is 6. The average molecular weight is 959 g/mol. The van der Waals surface area contributed by atoms with Gasteiger partial charge in [0.25, 0.3) is 0 Å². The zero-order valence-electron chi connectivity index (χ0n) is 39.3. The topological polar surface area (TPSA) is 55.4 Å². The fraction of sp³-hybridized carbons (Fsp3) is 0.462. The number of hydrogen-bond donors (Lipinski definition) is 0. The van der Waals surface area contributed by atoms with E-state index >= 15 is 26.3 Å². The van der Waals surface area contributed by atoms with Gasteiger partial charge in [0.2, 0.25) is 0 Å². The molecular weight excluding hydrogens is 899 g/mol. The van der Waals surface area contributed by atoms with Crippen LogP contribution in [0.25, 0.3) is 42.5 Å². The Balaban J connectivity index is 1.39. The molecule has 66 heavy (non-hydrogen) atoms. The van der Waals surface area contributed by atoms with Crippen LogP contribution in [0.2, 0.25) is 0 Å². The van der Waals surface area contributed by atoms with Gasteiger partial charge in [-0.05, 0) is 91.1 Å². The molecule has 2 heterocycles. The van der Waals surface area contributed by atoms with E-state index in [9.17, 15) is 0 Å². The molecule has 0 aliphatic heterocycles. The molecule has 6 nitrogen and oxygen atoms in total. The summed E-state index contributed by atoms with van der Waals surface area (Å²) in [7, 11) is 3.18. The lowest BCUT2D eigenvalue weighted by atomic mass is 9.86. The van der Waals surface area contributed by atoms with Crippen LogP contribution >= 0.6 is 22.7 Å². The van der Waals surface area contributed by atoms with Gasteiger partial charge in [-0.2, -0.15) is 26.3 Å². The van der Waals surface area contributed by atoms with Crippen LogP contribution in [-0.2, 0) is 45.0 Å². The predicted octanol–water partition coefficient (Wildman–Crippen LogP) is 14.1. The summed E-state index contributed by atoms with van der Waals surface area (Å²) < 4.78 is 131. The second kappa shape index (κ2) is 20.4. The maximum Gasteiger partial charge on any atom is 0.380 e. The van der Waals surface area contributed by atoms with Crippen molar-refractivity contribution >= 4 is 33.8 Å². The van der Waals surface area contributed by atoms with E-state index in [0.29, 0.717) is 79.3 Å². The quantitative estimate of drug-likeness (QED) is 0.0539. The zero-order valence-corrected chi connectivity index (χ0v) is 40.9.